The molecule has 0 atom stereocenters. The van der Waals surface area contributed by atoms with Gasteiger partial charge >= 0.3 is 0 Å². The Kier molecular flexibility index (Phi) is 2.79. The molecule has 3 rings (SSSR count). The van der Waals surface area contributed by atoms with Crippen molar-refractivity contribution in [2.75, 3.05) is 11.1 Å². The molecule has 3 N–H and O–H groups in total. The molecule has 0 radical (unpaired) electrons. The Labute approximate surface area is 110 Å². The fraction of sp³-hybridized carbons (Fsp3) is 0.143. The van der Waals surface area contributed by atoms with Crippen LogP contribution >= 0.6 is 0 Å². The van der Waals surface area contributed by atoms with Gasteiger partial charge in [0.05, 0.1) is 18.1 Å². The Bertz CT molecular complexity index is 640. The second kappa shape index (κ2) is 4.61. The zero-order valence-corrected chi connectivity index (χ0v) is 10.2. The topological polar surface area (TPSA) is 77.2 Å². The van der Waals surface area contributed by atoms with Gasteiger partial charge in [-0.05, 0) is 30.2 Å². The summed E-state index contributed by atoms with van der Waals surface area (Å²) in [5, 5.41) is 2.83. The molecule has 5 heteroatoms. The summed E-state index contributed by atoms with van der Waals surface area (Å²) in [7, 11) is 0. The number of nitrogens with zero attached hydrogens (tertiary/aromatic N) is 1. The van der Waals surface area contributed by atoms with Crippen molar-refractivity contribution < 1.29 is 9.53 Å². The van der Waals surface area contributed by atoms with E-state index >= 15 is 0 Å². The Morgan fingerprint density at radius 1 is 1.16 bits per heavy atom. The van der Waals surface area contributed by atoms with Crippen LogP contribution in [0.4, 0.5) is 11.4 Å². The number of aromatic nitrogens is 1. The molecule has 1 aromatic heterocycles. The van der Waals surface area contributed by atoms with Crippen molar-refractivity contribution >= 4 is 17.3 Å². The summed E-state index contributed by atoms with van der Waals surface area (Å²) in [6.07, 6.45) is 4.41. The molecular weight excluding hydrogens is 242 g/mol. The minimum Gasteiger partial charge on any atom is -0.456 e. The number of amides is 1. The van der Waals surface area contributed by atoms with E-state index in [1.54, 1.807) is 18.5 Å². The number of nitrogens with one attached hydrogen (secondary N) is 1. The van der Waals surface area contributed by atoms with E-state index in [4.69, 9.17) is 10.5 Å². The molecule has 1 aliphatic heterocycles. The molecule has 0 aliphatic carbocycles. The summed E-state index contributed by atoms with van der Waals surface area (Å²) in [4.78, 5) is 15.2. The summed E-state index contributed by atoms with van der Waals surface area (Å²) < 4.78 is 5.70. The van der Waals surface area contributed by atoms with Crippen LogP contribution in [0, 0.1) is 0 Å². The van der Waals surface area contributed by atoms with Gasteiger partial charge in [0.1, 0.15) is 11.5 Å². The number of hydrogen-bond acceptors (Lipinski definition) is 4. The highest BCUT2D eigenvalue weighted by molar-refractivity contribution is 5.94. The lowest BCUT2D eigenvalue weighted by molar-refractivity contribution is -0.116. The highest BCUT2D eigenvalue weighted by Gasteiger charge is 2.15. The highest BCUT2D eigenvalue weighted by Crippen LogP contribution is 2.29. The van der Waals surface area contributed by atoms with Crippen LogP contribution in [0.15, 0.2) is 36.7 Å². The molecule has 0 fully saturated rings. The number of nitrogen functional groups attached to an aromatic ring is 1. The van der Waals surface area contributed by atoms with Crippen LogP contribution in [-0.2, 0) is 11.2 Å². The summed E-state index contributed by atoms with van der Waals surface area (Å²) in [6.45, 7) is 0. The summed E-state index contributed by atoms with van der Waals surface area (Å²) in [6, 6.07) is 7.31. The molecule has 0 bridgehead atoms. The molecule has 1 aromatic carbocycles. The third-order valence-corrected chi connectivity index (χ3v) is 2.94. The maximum absolute atomic E-state index is 11.3. The van der Waals surface area contributed by atoms with Crippen LogP contribution in [0.3, 0.4) is 0 Å². The molecule has 5 nitrogen and oxygen atoms in total. The van der Waals surface area contributed by atoms with Gasteiger partial charge in [0.15, 0.2) is 0 Å². The van der Waals surface area contributed by atoms with E-state index in [2.05, 4.69) is 10.3 Å². The number of carbonyl (C=O) groups is 1. The summed E-state index contributed by atoms with van der Waals surface area (Å²) >= 11 is 0. The van der Waals surface area contributed by atoms with Crippen molar-refractivity contribution in [3.8, 4) is 11.5 Å². The van der Waals surface area contributed by atoms with Gasteiger partial charge in [0.2, 0.25) is 5.91 Å². The number of anilines is 2. The third kappa shape index (κ3) is 2.49. The molecular formula is C14H13N3O2. The number of rotatable bonds is 2. The van der Waals surface area contributed by atoms with E-state index in [1.807, 2.05) is 18.2 Å². The standard InChI is InChI=1S/C14H13N3O2/c15-10-6-12(8-16-7-10)19-11-2-3-13-9(5-11)1-4-14(18)17-13/h2-3,5-8H,1,4,15H2,(H,17,18). The van der Waals surface area contributed by atoms with Crippen LogP contribution in [-0.4, -0.2) is 10.9 Å². The minimum atomic E-state index is 0.0567. The first kappa shape index (κ1) is 11.5. The van der Waals surface area contributed by atoms with Gasteiger partial charge < -0.3 is 15.8 Å². The first-order chi connectivity index (χ1) is 9.20. The maximum Gasteiger partial charge on any atom is 0.224 e. The van der Waals surface area contributed by atoms with Gasteiger partial charge in [-0.1, -0.05) is 0 Å². The van der Waals surface area contributed by atoms with Crippen molar-refractivity contribution in [1.82, 2.24) is 4.98 Å². The number of nitrogens with two attached hydrogens (primary N) is 1. The second-order valence-electron chi connectivity index (χ2n) is 4.42. The zero-order chi connectivity index (χ0) is 13.2. The number of ether oxygens (including phenoxy) is 1. The lowest BCUT2D eigenvalue weighted by Gasteiger charge is -2.17. The zero-order valence-electron chi connectivity index (χ0n) is 10.2. The van der Waals surface area contributed by atoms with Crippen LogP contribution in [0.25, 0.3) is 0 Å². The van der Waals surface area contributed by atoms with Crippen molar-refractivity contribution in [3.63, 3.8) is 0 Å². The van der Waals surface area contributed by atoms with Gasteiger partial charge in [-0.25, -0.2) is 0 Å². The van der Waals surface area contributed by atoms with Crippen LogP contribution in [0.1, 0.15) is 12.0 Å². The molecule has 0 saturated heterocycles. The molecule has 1 aliphatic rings. The van der Waals surface area contributed by atoms with Crippen molar-refractivity contribution in [3.05, 3.63) is 42.2 Å². The fourth-order valence-corrected chi connectivity index (χ4v) is 2.05. The average molecular weight is 255 g/mol. The number of carbonyl (C=O) groups excluding carboxylic acids is 1. The fourth-order valence-electron chi connectivity index (χ4n) is 2.05. The number of aryl methyl sites for hydroxylation is 1. The molecule has 1 amide bonds. The molecule has 96 valence electrons. The highest BCUT2D eigenvalue weighted by atomic mass is 16.5. The van der Waals surface area contributed by atoms with E-state index in [0.717, 1.165) is 17.7 Å². The van der Waals surface area contributed by atoms with E-state index in [1.165, 1.54) is 0 Å². The van der Waals surface area contributed by atoms with Crippen LogP contribution < -0.4 is 15.8 Å². The second-order valence-corrected chi connectivity index (χ2v) is 4.42. The van der Waals surface area contributed by atoms with Gasteiger partial charge in [-0.2, -0.15) is 0 Å². The van der Waals surface area contributed by atoms with Gasteiger partial charge in [-0.3, -0.25) is 9.78 Å². The maximum atomic E-state index is 11.3. The van der Waals surface area contributed by atoms with Crippen molar-refractivity contribution in [2.45, 2.75) is 12.8 Å². The quantitative estimate of drug-likeness (QED) is 0.863. The number of hydrogen-bond donors (Lipinski definition) is 2. The van der Waals surface area contributed by atoms with Gasteiger partial charge in [0, 0.05) is 18.2 Å². The van der Waals surface area contributed by atoms with Crippen molar-refractivity contribution in [2.24, 2.45) is 0 Å². The van der Waals surface area contributed by atoms with Crippen molar-refractivity contribution in [1.29, 1.82) is 0 Å². The average Bonchev–Trinajstić information content (AvgIpc) is 2.39. The van der Waals surface area contributed by atoms with E-state index < -0.39 is 0 Å². The Morgan fingerprint density at radius 2 is 2.05 bits per heavy atom. The molecule has 0 unspecified atom stereocenters. The van der Waals surface area contributed by atoms with Gasteiger partial charge in [0.25, 0.3) is 0 Å². The minimum absolute atomic E-state index is 0.0567. The lowest BCUT2D eigenvalue weighted by atomic mass is 10.0. The number of benzene rings is 1. The monoisotopic (exact) mass is 255 g/mol. The predicted octanol–water partition coefficient (Wildman–Crippen LogP) is 2.34. The Balaban J connectivity index is 1.85. The van der Waals surface area contributed by atoms with Crippen LogP contribution in [0.5, 0.6) is 11.5 Å². The molecule has 2 heterocycles. The van der Waals surface area contributed by atoms with E-state index in [9.17, 15) is 4.79 Å². The van der Waals surface area contributed by atoms with E-state index in [-0.39, 0.29) is 5.91 Å². The van der Waals surface area contributed by atoms with Gasteiger partial charge in [-0.15, -0.1) is 0 Å². The lowest BCUT2D eigenvalue weighted by Crippen LogP contribution is -2.18. The summed E-state index contributed by atoms with van der Waals surface area (Å²) in [5.41, 5.74) is 8.14. The predicted molar refractivity (Wildman–Crippen MR) is 72.1 cm³/mol. The number of pyridine rings is 1. The normalized spacial score (nSPS) is 13.6. The largest absolute Gasteiger partial charge is 0.456 e. The first-order valence-electron chi connectivity index (χ1n) is 6.02. The Morgan fingerprint density at radius 3 is 2.89 bits per heavy atom. The number of fused-ring (bicyclic) bond motifs is 1. The molecule has 19 heavy (non-hydrogen) atoms. The molecule has 0 saturated carbocycles. The van der Waals surface area contributed by atoms with Crippen LogP contribution in [0.2, 0.25) is 0 Å². The Hall–Kier alpha value is -2.56. The summed E-state index contributed by atoms with van der Waals surface area (Å²) in [5.74, 6) is 1.36. The SMILES string of the molecule is Nc1cncc(Oc2ccc3c(c2)CCC(=O)N3)c1. The van der Waals surface area contributed by atoms with E-state index in [0.29, 0.717) is 23.6 Å². The third-order valence-electron chi connectivity index (χ3n) is 2.94. The smallest absolute Gasteiger partial charge is 0.224 e. The first-order valence-corrected chi connectivity index (χ1v) is 6.02. The molecule has 2 aromatic rings. The molecule has 0 spiro atoms.